The van der Waals surface area contributed by atoms with Gasteiger partial charge in [-0.05, 0) is 37.1 Å². The average molecular weight is 336 g/mol. The Morgan fingerprint density at radius 3 is 2.71 bits per heavy atom. The zero-order valence-corrected chi connectivity index (χ0v) is 14.2. The second-order valence-corrected chi connectivity index (χ2v) is 6.56. The van der Waals surface area contributed by atoms with E-state index in [1.54, 1.807) is 0 Å². The summed E-state index contributed by atoms with van der Waals surface area (Å²) in [7, 11) is 0. The third-order valence-corrected chi connectivity index (χ3v) is 4.71. The van der Waals surface area contributed by atoms with Crippen molar-refractivity contribution in [3.8, 4) is 11.5 Å². The highest BCUT2D eigenvalue weighted by Crippen LogP contribution is 2.27. The number of benzene rings is 1. The van der Waals surface area contributed by atoms with Crippen molar-refractivity contribution in [3.05, 3.63) is 65.6 Å². The molecule has 3 aromatic heterocycles. The van der Waals surface area contributed by atoms with Gasteiger partial charge < -0.3 is 8.82 Å². The second kappa shape index (κ2) is 6.13. The average Bonchev–Trinajstić information content (AvgIpc) is 3.20. The van der Waals surface area contributed by atoms with Gasteiger partial charge in [0.2, 0.25) is 5.89 Å². The van der Waals surface area contributed by atoms with E-state index in [0.717, 1.165) is 28.0 Å². The van der Waals surface area contributed by atoms with E-state index in [2.05, 4.69) is 28.2 Å². The normalized spacial score (nSPS) is 11.2. The fourth-order valence-corrected chi connectivity index (χ4v) is 3.25. The summed E-state index contributed by atoms with van der Waals surface area (Å²) >= 11 is 1.50. The minimum Gasteiger partial charge on any atom is -0.411 e. The highest BCUT2D eigenvalue weighted by molar-refractivity contribution is 7.98. The van der Waals surface area contributed by atoms with E-state index >= 15 is 0 Å². The van der Waals surface area contributed by atoms with Crippen molar-refractivity contribution in [1.82, 2.24) is 19.6 Å². The number of hydrogen-bond donors (Lipinski definition) is 0. The Balaban J connectivity index is 1.52. The van der Waals surface area contributed by atoms with Crippen molar-refractivity contribution in [1.29, 1.82) is 0 Å². The molecular weight excluding hydrogens is 320 g/mol. The molecule has 0 radical (unpaired) electrons. The predicted molar refractivity (Wildman–Crippen MR) is 94.0 cm³/mol. The summed E-state index contributed by atoms with van der Waals surface area (Å²) in [6.45, 7) is 4.09. The van der Waals surface area contributed by atoms with Crippen LogP contribution in [0.5, 0.6) is 0 Å². The molecule has 5 nitrogen and oxygen atoms in total. The molecule has 0 aliphatic carbocycles. The summed E-state index contributed by atoms with van der Waals surface area (Å²) in [5.74, 6) is 1.25. The van der Waals surface area contributed by atoms with Gasteiger partial charge in [-0.25, -0.2) is 4.98 Å². The van der Waals surface area contributed by atoms with Gasteiger partial charge in [-0.3, -0.25) is 0 Å². The second-order valence-electron chi connectivity index (χ2n) is 5.63. The molecule has 0 N–H and O–H groups in total. The van der Waals surface area contributed by atoms with Gasteiger partial charge in [0, 0.05) is 23.7 Å². The molecular formula is C18H16N4OS. The summed E-state index contributed by atoms with van der Waals surface area (Å²) in [5, 5.41) is 8.84. The van der Waals surface area contributed by atoms with Gasteiger partial charge in [0.25, 0.3) is 5.22 Å². The Morgan fingerprint density at radius 2 is 1.88 bits per heavy atom. The topological polar surface area (TPSA) is 56.2 Å². The van der Waals surface area contributed by atoms with Gasteiger partial charge in [0.15, 0.2) is 0 Å². The van der Waals surface area contributed by atoms with Crippen LogP contribution < -0.4 is 0 Å². The van der Waals surface area contributed by atoms with Crippen LogP contribution in [0.15, 0.2) is 58.4 Å². The maximum Gasteiger partial charge on any atom is 0.277 e. The van der Waals surface area contributed by atoms with E-state index in [1.165, 1.54) is 11.8 Å². The SMILES string of the molecule is Cc1ccccc1-c1nnc(SCc2cn3cccc(C)c3n2)o1. The van der Waals surface area contributed by atoms with Crippen LogP contribution in [0.25, 0.3) is 17.1 Å². The van der Waals surface area contributed by atoms with Crippen molar-refractivity contribution in [2.24, 2.45) is 0 Å². The summed E-state index contributed by atoms with van der Waals surface area (Å²) in [4.78, 5) is 4.66. The molecule has 0 aliphatic rings. The summed E-state index contributed by atoms with van der Waals surface area (Å²) in [6.07, 6.45) is 4.04. The van der Waals surface area contributed by atoms with Crippen LogP contribution in [-0.2, 0) is 5.75 Å². The van der Waals surface area contributed by atoms with Crippen molar-refractivity contribution in [3.63, 3.8) is 0 Å². The number of aromatic nitrogens is 4. The highest BCUT2D eigenvalue weighted by Gasteiger charge is 2.12. The Kier molecular flexibility index (Phi) is 3.82. The third kappa shape index (κ3) is 2.80. The Labute approximate surface area is 143 Å². The maximum atomic E-state index is 5.78. The molecule has 1 aromatic carbocycles. The molecule has 0 saturated heterocycles. The molecule has 3 heterocycles. The van der Waals surface area contributed by atoms with Crippen LogP contribution in [0.1, 0.15) is 16.8 Å². The number of imidazole rings is 1. The summed E-state index contributed by atoms with van der Waals surface area (Å²) < 4.78 is 7.82. The van der Waals surface area contributed by atoms with Crippen LogP contribution in [0.4, 0.5) is 0 Å². The summed E-state index contributed by atoms with van der Waals surface area (Å²) in [5.41, 5.74) is 5.23. The van der Waals surface area contributed by atoms with Gasteiger partial charge in [-0.15, -0.1) is 10.2 Å². The number of pyridine rings is 1. The van der Waals surface area contributed by atoms with E-state index < -0.39 is 0 Å². The van der Waals surface area contributed by atoms with Crippen LogP contribution in [0.2, 0.25) is 0 Å². The molecule has 4 rings (SSSR count). The molecule has 4 aromatic rings. The molecule has 0 unspecified atom stereocenters. The van der Waals surface area contributed by atoms with Crippen LogP contribution >= 0.6 is 11.8 Å². The fraction of sp³-hybridized carbons (Fsp3) is 0.167. The maximum absolute atomic E-state index is 5.78. The molecule has 0 spiro atoms. The minimum atomic E-state index is 0.557. The molecule has 0 atom stereocenters. The van der Waals surface area contributed by atoms with Gasteiger partial charge in [0.1, 0.15) is 5.65 Å². The lowest BCUT2D eigenvalue weighted by atomic mass is 10.1. The summed E-state index contributed by atoms with van der Waals surface area (Å²) in [6, 6.07) is 12.1. The minimum absolute atomic E-state index is 0.557. The first kappa shape index (κ1) is 15.0. The predicted octanol–water partition coefficient (Wildman–Crippen LogP) is 4.29. The fourth-order valence-electron chi connectivity index (χ4n) is 2.60. The molecule has 120 valence electrons. The lowest BCUT2D eigenvalue weighted by molar-refractivity contribution is 0.465. The zero-order chi connectivity index (χ0) is 16.5. The van der Waals surface area contributed by atoms with E-state index in [9.17, 15) is 0 Å². The van der Waals surface area contributed by atoms with E-state index in [-0.39, 0.29) is 0 Å². The lowest BCUT2D eigenvalue weighted by Crippen LogP contribution is -1.84. The molecule has 0 aliphatic heterocycles. The Bertz CT molecular complexity index is 1010. The van der Waals surface area contributed by atoms with Crippen LogP contribution in [0, 0.1) is 13.8 Å². The van der Waals surface area contributed by atoms with E-state index in [0.29, 0.717) is 16.9 Å². The molecule has 0 fully saturated rings. The highest BCUT2D eigenvalue weighted by atomic mass is 32.2. The van der Waals surface area contributed by atoms with Gasteiger partial charge in [-0.2, -0.15) is 0 Å². The zero-order valence-electron chi connectivity index (χ0n) is 13.4. The number of hydrogen-bond acceptors (Lipinski definition) is 5. The Hall–Kier alpha value is -2.60. The monoisotopic (exact) mass is 336 g/mol. The van der Waals surface area contributed by atoms with Gasteiger partial charge in [0.05, 0.1) is 5.69 Å². The standard InChI is InChI=1S/C18H16N4OS/c1-12-6-3-4-8-15(12)17-20-21-18(23-17)24-11-14-10-22-9-5-7-13(2)16(22)19-14/h3-10H,11H2,1-2H3. The van der Waals surface area contributed by atoms with Crippen LogP contribution in [-0.4, -0.2) is 19.6 Å². The Morgan fingerprint density at radius 1 is 1.04 bits per heavy atom. The first-order chi connectivity index (χ1) is 11.7. The van der Waals surface area contributed by atoms with Crippen molar-refractivity contribution >= 4 is 17.4 Å². The quantitative estimate of drug-likeness (QED) is 0.520. The lowest BCUT2D eigenvalue weighted by Gasteiger charge is -1.98. The number of fused-ring (bicyclic) bond motifs is 1. The number of thioether (sulfide) groups is 1. The van der Waals surface area contributed by atoms with Crippen molar-refractivity contribution in [2.75, 3.05) is 0 Å². The third-order valence-electron chi connectivity index (χ3n) is 3.85. The first-order valence-electron chi connectivity index (χ1n) is 7.66. The van der Waals surface area contributed by atoms with E-state index in [4.69, 9.17) is 4.42 Å². The molecule has 24 heavy (non-hydrogen) atoms. The number of nitrogens with zero attached hydrogens (tertiary/aromatic N) is 4. The number of aryl methyl sites for hydroxylation is 2. The molecule has 0 saturated carbocycles. The van der Waals surface area contributed by atoms with Gasteiger partial charge in [-0.1, -0.05) is 36.0 Å². The largest absolute Gasteiger partial charge is 0.411 e. The first-order valence-corrected chi connectivity index (χ1v) is 8.65. The van der Waals surface area contributed by atoms with Crippen molar-refractivity contribution < 1.29 is 4.42 Å². The van der Waals surface area contributed by atoms with E-state index in [1.807, 2.05) is 54.0 Å². The molecule has 0 amide bonds. The molecule has 6 heteroatoms. The smallest absolute Gasteiger partial charge is 0.277 e. The number of rotatable bonds is 4. The molecule has 0 bridgehead atoms. The van der Waals surface area contributed by atoms with Crippen molar-refractivity contribution in [2.45, 2.75) is 24.8 Å². The van der Waals surface area contributed by atoms with Gasteiger partial charge >= 0.3 is 0 Å². The van der Waals surface area contributed by atoms with Crippen LogP contribution in [0.3, 0.4) is 0 Å².